The molecule has 0 radical (unpaired) electrons. The molecule has 31 heteroatoms. The largest absolute Gasteiger partial charge is 0.326 e. The van der Waals surface area contributed by atoms with E-state index in [-0.39, 0.29) is 57.1 Å². The molecule has 0 atom stereocenters. The van der Waals surface area contributed by atoms with E-state index >= 15 is 0 Å². The first-order valence-corrected chi connectivity index (χ1v) is 44.2. The van der Waals surface area contributed by atoms with E-state index in [0.29, 0.717) is 56.3 Å². The maximum atomic E-state index is 13.2. The predicted molar refractivity (Wildman–Crippen MR) is 524 cm³/mol. The van der Waals surface area contributed by atoms with Crippen LogP contribution in [0, 0.1) is 27.7 Å². The Balaban J connectivity index is 0.000000121. The van der Waals surface area contributed by atoms with E-state index in [1.54, 1.807) is 130 Å². The third-order valence-corrected chi connectivity index (χ3v) is 23.2. The first-order chi connectivity index (χ1) is 63.2. The second kappa shape index (κ2) is 37.8. The number of nitrogens with zero attached hydrogens (tertiary/aromatic N) is 16. The van der Waals surface area contributed by atoms with Crippen LogP contribution in [-0.2, 0) is 19.2 Å². The summed E-state index contributed by atoms with van der Waals surface area (Å²) in [5, 5.41) is 35.7. The lowest BCUT2D eigenvalue weighted by Crippen LogP contribution is -2.19. The molecule has 4 amide bonds. The molecule has 0 bridgehead atoms. The fourth-order valence-electron chi connectivity index (χ4n) is 15.3. The number of fused-ring (bicyclic) bond motifs is 12. The Hall–Kier alpha value is -15.8. The van der Waals surface area contributed by atoms with E-state index in [9.17, 15) is 38.4 Å². The van der Waals surface area contributed by atoms with Crippen molar-refractivity contribution in [1.82, 2.24) is 77.3 Å². The quantitative estimate of drug-likeness (QED) is 0.0285. The van der Waals surface area contributed by atoms with Crippen molar-refractivity contribution < 1.29 is 19.2 Å². The van der Waals surface area contributed by atoms with Gasteiger partial charge in [-0.2, -0.15) is 20.4 Å². The highest BCUT2D eigenvalue weighted by atomic mass is 127. The van der Waals surface area contributed by atoms with Crippen molar-refractivity contribution in [1.29, 1.82) is 0 Å². The number of aryl methyl sites for hydroxylation is 4. The first kappa shape index (κ1) is 86.3. The summed E-state index contributed by atoms with van der Waals surface area (Å²) in [7, 11) is 0. The average Bonchev–Trinajstić information content (AvgIpc) is 1.70. The van der Waals surface area contributed by atoms with Crippen molar-refractivity contribution >= 4 is 184 Å². The monoisotopic (exact) mass is 1910 g/mol. The van der Waals surface area contributed by atoms with Gasteiger partial charge in [-0.3, -0.25) is 76.6 Å². The fourth-order valence-corrected chi connectivity index (χ4v) is 15.8. The molecule has 12 aromatic heterocycles. The lowest BCUT2D eigenvalue weighted by Gasteiger charge is -2.15. The van der Waals surface area contributed by atoms with E-state index in [1.165, 1.54) is 30.3 Å². The minimum absolute atomic E-state index is 0.0750. The zero-order chi connectivity index (χ0) is 90.4. The lowest BCUT2D eigenvalue weighted by atomic mass is 10.1. The number of nitrogens with one attached hydrogen (secondary N) is 4. The molecule has 0 saturated heterocycles. The molecular formula is C99H77BrClIN20O8. The number of benzene rings is 8. The lowest BCUT2D eigenvalue weighted by molar-refractivity contribution is -0.116. The van der Waals surface area contributed by atoms with Gasteiger partial charge in [0.05, 0.1) is 99.4 Å². The number of rotatable bonds is 17. The van der Waals surface area contributed by atoms with Crippen LogP contribution >= 0.6 is 50.1 Å². The van der Waals surface area contributed by atoms with Crippen LogP contribution < -0.4 is 43.5 Å². The Morgan fingerprint density at radius 1 is 0.362 bits per heavy atom. The number of pyridine rings is 8. The molecule has 20 aromatic rings. The van der Waals surface area contributed by atoms with Crippen LogP contribution in [0.3, 0.4) is 0 Å². The smallest absolute Gasteiger partial charge is 0.255 e. The summed E-state index contributed by atoms with van der Waals surface area (Å²) in [6.45, 7) is 9.46. The van der Waals surface area contributed by atoms with Crippen LogP contribution in [0.25, 0.3) is 133 Å². The predicted octanol–water partition coefficient (Wildman–Crippen LogP) is 17.9. The van der Waals surface area contributed by atoms with Crippen LogP contribution in [0.5, 0.6) is 0 Å². The summed E-state index contributed by atoms with van der Waals surface area (Å²) in [5.41, 5.74) is 17.8. The number of anilines is 4. The summed E-state index contributed by atoms with van der Waals surface area (Å²) in [4.78, 5) is 119. The average molecular weight is 1920 g/mol. The number of hydrogen-bond acceptors (Lipinski definition) is 16. The molecular weight excluding hydrogens is 1840 g/mol. The van der Waals surface area contributed by atoms with Crippen molar-refractivity contribution in [3.05, 3.63) is 369 Å². The van der Waals surface area contributed by atoms with E-state index in [2.05, 4.69) is 77.5 Å². The van der Waals surface area contributed by atoms with Crippen LogP contribution in [0.1, 0.15) is 35.6 Å². The minimum atomic E-state index is -0.287. The second-order valence-corrected chi connectivity index (χ2v) is 31.8. The molecule has 0 fully saturated rings. The highest BCUT2D eigenvalue weighted by Gasteiger charge is 2.21. The first-order valence-electron chi connectivity index (χ1n) is 41.0. The normalized spacial score (nSPS) is 11.3. The van der Waals surface area contributed by atoms with E-state index in [1.807, 2.05) is 239 Å². The van der Waals surface area contributed by atoms with Gasteiger partial charge in [-0.15, -0.1) is 11.6 Å². The zero-order valence-electron chi connectivity index (χ0n) is 70.3. The Labute approximate surface area is 766 Å². The van der Waals surface area contributed by atoms with Crippen LogP contribution in [-0.4, -0.2) is 117 Å². The Morgan fingerprint density at radius 3 is 0.900 bits per heavy atom. The van der Waals surface area contributed by atoms with Crippen molar-refractivity contribution in [2.24, 2.45) is 0 Å². The molecule has 0 aliphatic rings. The minimum Gasteiger partial charge on any atom is -0.326 e. The molecule has 0 aliphatic heterocycles. The van der Waals surface area contributed by atoms with Crippen molar-refractivity contribution in [3.8, 4) is 45.5 Å². The summed E-state index contributed by atoms with van der Waals surface area (Å²) >= 11 is 10.8. The van der Waals surface area contributed by atoms with Gasteiger partial charge in [0, 0.05) is 183 Å². The number of alkyl halides is 3. The Bertz CT molecular complexity index is 7580. The van der Waals surface area contributed by atoms with Gasteiger partial charge in [-0.05, 0) is 220 Å². The number of amides is 4. The molecule has 20 rings (SSSR count). The van der Waals surface area contributed by atoms with Gasteiger partial charge in [0.1, 0.15) is 0 Å². The zero-order valence-corrected chi connectivity index (χ0v) is 74.8. The highest BCUT2D eigenvalue weighted by Crippen LogP contribution is 2.35. The van der Waals surface area contributed by atoms with E-state index in [0.717, 1.165) is 132 Å². The standard InChI is InChI=1S/C26H20ClN5O2.C25H21N5O2.C24H18BrN5O2.C24H18IN5O2/c1-17-5-7-20(15-23(17)30-24(33)4-2-11-27)32-25(34)10-6-18-16-28-22-9-8-19(14-21(22)26(18)32)31-13-3-12-29-31;1-3-23(31)28-22-14-19(7-5-16(22)2)30-24(32)10-6-17-15-26-21-9-8-18(13-20(21)25(17)30)29-12-4-11-27-29;2*1-15-3-5-18(12-21(15)28-22(31)13-25)30-23(32)8-4-16-14-26-20-7-6-17(11-19(20)24(16)30)29-10-2-9-27-29/h2-10,12-16H,11H2,1H3,(H,30,33);4-15H,3H2,1-2H3,(H,28,31);2*2-12,14H,13H2,1H3,(H,28,31)/b4-2+;;;. The van der Waals surface area contributed by atoms with Gasteiger partial charge in [0.15, 0.2) is 0 Å². The summed E-state index contributed by atoms with van der Waals surface area (Å²) in [5.74, 6) is -0.359. The van der Waals surface area contributed by atoms with Gasteiger partial charge in [-0.1, -0.05) is 75.8 Å². The van der Waals surface area contributed by atoms with Crippen molar-refractivity contribution in [2.45, 2.75) is 41.0 Å². The van der Waals surface area contributed by atoms with Gasteiger partial charge in [-0.25, -0.2) is 18.7 Å². The van der Waals surface area contributed by atoms with Crippen LogP contribution in [0.4, 0.5) is 22.7 Å². The maximum absolute atomic E-state index is 13.2. The Kier molecular flexibility index (Phi) is 25.1. The van der Waals surface area contributed by atoms with Gasteiger partial charge >= 0.3 is 0 Å². The van der Waals surface area contributed by atoms with Crippen molar-refractivity contribution in [3.63, 3.8) is 0 Å². The number of halogens is 3. The second-order valence-electron chi connectivity index (χ2n) is 30.2. The molecule has 8 aromatic carbocycles. The summed E-state index contributed by atoms with van der Waals surface area (Å²) in [6.07, 6.45) is 24.8. The molecule has 0 saturated carbocycles. The summed E-state index contributed by atoms with van der Waals surface area (Å²) in [6, 6.07) is 66.5. The van der Waals surface area contributed by atoms with Crippen LogP contribution in [0.15, 0.2) is 324 Å². The molecule has 4 N–H and O–H groups in total. The van der Waals surface area contributed by atoms with E-state index < -0.39 is 0 Å². The fraction of sp³-hybridized carbons (Fsp3) is 0.0909. The van der Waals surface area contributed by atoms with Crippen LogP contribution in [0.2, 0.25) is 0 Å². The van der Waals surface area contributed by atoms with Crippen molar-refractivity contribution in [2.75, 3.05) is 36.9 Å². The number of carbonyl (C=O) groups is 4. The van der Waals surface area contributed by atoms with Gasteiger partial charge in [0.2, 0.25) is 23.6 Å². The maximum Gasteiger partial charge on any atom is 0.255 e. The SMILES string of the molecule is CCC(=O)Nc1cc(-n2c(=O)ccc3cnc4ccc(-n5cccn5)cc4c32)ccc1C.Cc1ccc(-n2c(=O)ccc3cnc4ccc(-n5cccn5)cc4c32)cc1NC(=O)/C=C/CCl.Cc1ccc(-n2c(=O)ccc3cnc4ccc(-n5cccn5)cc4c32)cc1NC(=O)CBr.Cc1ccc(-n2c(=O)ccc3cnc4ccc(-n5cccn5)cc4c32)cc1NC(=O)CI. The molecule has 0 unspecified atom stereocenters. The third kappa shape index (κ3) is 17.9. The third-order valence-electron chi connectivity index (χ3n) is 21.8. The number of hydrogen-bond donors (Lipinski definition) is 4. The molecule has 642 valence electrons. The topological polar surface area (TPSA) is 327 Å². The number of carbonyl (C=O) groups excluding carboxylic acids is 4. The molecule has 28 nitrogen and oxygen atoms in total. The molecule has 130 heavy (non-hydrogen) atoms. The van der Waals surface area contributed by atoms with E-state index in [4.69, 9.17) is 11.6 Å². The van der Waals surface area contributed by atoms with Gasteiger partial charge < -0.3 is 21.3 Å². The molecule has 0 aliphatic carbocycles. The summed E-state index contributed by atoms with van der Waals surface area (Å²) < 4.78 is 14.1. The number of allylic oxidation sites excluding steroid dienone is 1. The molecule has 12 heterocycles. The van der Waals surface area contributed by atoms with Gasteiger partial charge in [0.25, 0.3) is 22.2 Å². The Morgan fingerprint density at radius 2 is 0.638 bits per heavy atom. The molecule has 0 spiro atoms. The highest BCUT2D eigenvalue weighted by molar-refractivity contribution is 14.1. The number of aromatic nitrogens is 16.